The molecule has 1 N–H and O–H groups in total. The Kier molecular flexibility index (Phi) is 4.15. The van der Waals surface area contributed by atoms with Crippen LogP contribution in [0.3, 0.4) is 0 Å². The van der Waals surface area contributed by atoms with Gasteiger partial charge in [0.15, 0.2) is 0 Å². The van der Waals surface area contributed by atoms with E-state index >= 15 is 0 Å². The molecule has 96 valence electrons. The van der Waals surface area contributed by atoms with Crippen molar-refractivity contribution >= 4 is 11.5 Å². The van der Waals surface area contributed by atoms with Crippen molar-refractivity contribution < 1.29 is 4.79 Å². The highest BCUT2D eigenvalue weighted by molar-refractivity contribution is 5.81. The van der Waals surface area contributed by atoms with Crippen molar-refractivity contribution in [3.8, 4) is 0 Å². The van der Waals surface area contributed by atoms with Gasteiger partial charge in [0.2, 0.25) is 5.91 Å². The van der Waals surface area contributed by atoms with Crippen molar-refractivity contribution in [1.82, 2.24) is 10.2 Å². The molecule has 1 atom stereocenters. The van der Waals surface area contributed by atoms with E-state index in [0.717, 1.165) is 19.5 Å². The molecule has 3 heteroatoms. The van der Waals surface area contributed by atoms with E-state index in [4.69, 9.17) is 0 Å². The van der Waals surface area contributed by atoms with Crippen LogP contribution in [0.1, 0.15) is 18.9 Å². The Morgan fingerprint density at radius 2 is 2.06 bits per heavy atom. The van der Waals surface area contributed by atoms with Gasteiger partial charge in [-0.05, 0) is 24.5 Å². The van der Waals surface area contributed by atoms with Crippen LogP contribution in [0.15, 0.2) is 36.4 Å². The van der Waals surface area contributed by atoms with E-state index in [0.29, 0.717) is 0 Å². The number of carbonyl (C=O) groups excluding carboxylic acids is 1. The number of likely N-dealkylation sites (N-methyl/N-ethyl adjacent to an activating group) is 1. The summed E-state index contributed by atoms with van der Waals surface area (Å²) in [6.07, 6.45) is 3.24. The van der Waals surface area contributed by atoms with Gasteiger partial charge in [-0.2, -0.15) is 0 Å². The maximum atomic E-state index is 11.6. The summed E-state index contributed by atoms with van der Waals surface area (Å²) in [4.78, 5) is 13.8. The number of hydrogen-bond acceptors (Lipinski definition) is 2. The Labute approximate surface area is 108 Å². The van der Waals surface area contributed by atoms with E-state index in [2.05, 4.69) is 40.6 Å². The molecular formula is C15H20N2O. The number of rotatable bonds is 3. The summed E-state index contributed by atoms with van der Waals surface area (Å²) >= 11 is 0. The molecule has 0 radical (unpaired) electrons. The number of carbonyl (C=O) groups is 1. The first-order valence-corrected chi connectivity index (χ1v) is 6.42. The van der Waals surface area contributed by atoms with Gasteiger partial charge in [0.1, 0.15) is 0 Å². The van der Waals surface area contributed by atoms with Crippen LogP contribution in [0.5, 0.6) is 0 Å². The molecule has 0 aromatic heterocycles. The molecule has 0 aliphatic carbocycles. The van der Waals surface area contributed by atoms with Crippen LogP contribution < -0.4 is 5.32 Å². The largest absolute Gasteiger partial charge is 0.358 e. The topological polar surface area (TPSA) is 32.3 Å². The third kappa shape index (κ3) is 2.79. The molecule has 0 saturated heterocycles. The Morgan fingerprint density at radius 3 is 2.61 bits per heavy atom. The molecular weight excluding hydrogens is 224 g/mol. The predicted molar refractivity (Wildman–Crippen MR) is 74.1 cm³/mol. The molecule has 1 amide bonds. The van der Waals surface area contributed by atoms with Crippen molar-refractivity contribution in [3.05, 3.63) is 42.0 Å². The number of hydrogen-bond donors (Lipinski definition) is 1. The molecule has 1 aromatic rings. The van der Waals surface area contributed by atoms with Gasteiger partial charge in [0.25, 0.3) is 0 Å². The summed E-state index contributed by atoms with van der Waals surface area (Å²) in [6.45, 7) is 3.74. The molecule has 1 heterocycles. The van der Waals surface area contributed by atoms with E-state index < -0.39 is 0 Å². The molecule has 0 bridgehead atoms. The van der Waals surface area contributed by atoms with Crippen LogP contribution in [0.2, 0.25) is 0 Å². The SMILES string of the molecule is CNC(=O)[C@H](C)N1CC=C(c2ccccc2)CC1. The standard InChI is InChI=1S/C15H20N2O/c1-12(15(18)16-2)17-10-8-14(9-11-17)13-6-4-3-5-7-13/h3-8,12H,9-11H2,1-2H3,(H,16,18)/t12-/m0/s1. The number of nitrogens with zero attached hydrogens (tertiary/aromatic N) is 1. The van der Waals surface area contributed by atoms with Crippen LogP contribution in [0.4, 0.5) is 0 Å². The maximum absolute atomic E-state index is 11.6. The second-order valence-corrected chi connectivity index (χ2v) is 4.63. The number of benzene rings is 1. The van der Waals surface area contributed by atoms with E-state index in [1.165, 1.54) is 11.1 Å². The van der Waals surface area contributed by atoms with Crippen LogP contribution in [0, 0.1) is 0 Å². The third-order valence-electron chi connectivity index (χ3n) is 3.56. The first-order chi connectivity index (χ1) is 8.72. The Bertz CT molecular complexity index is 439. The minimum Gasteiger partial charge on any atom is -0.358 e. The van der Waals surface area contributed by atoms with E-state index in [-0.39, 0.29) is 11.9 Å². The minimum atomic E-state index is -0.0522. The molecule has 1 aromatic carbocycles. The molecule has 2 rings (SSSR count). The summed E-state index contributed by atoms with van der Waals surface area (Å²) in [5, 5.41) is 2.70. The van der Waals surface area contributed by atoms with Crippen molar-refractivity contribution in [2.24, 2.45) is 0 Å². The average molecular weight is 244 g/mol. The highest BCUT2D eigenvalue weighted by Gasteiger charge is 2.22. The Balaban J connectivity index is 2.02. The minimum absolute atomic E-state index is 0.0522. The second-order valence-electron chi connectivity index (χ2n) is 4.63. The quantitative estimate of drug-likeness (QED) is 0.881. The molecule has 0 fully saturated rings. The smallest absolute Gasteiger partial charge is 0.236 e. The highest BCUT2D eigenvalue weighted by atomic mass is 16.2. The lowest BCUT2D eigenvalue weighted by molar-refractivity contribution is -0.125. The molecule has 0 unspecified atom stereocenters. The highest BCUT2D eigenvalue weighted by Crippen LogP contribution is 2.22. The average Bonchev–Trinajstić information content (AvgIpc) is 2.47. The van der Waals surface area contributed by atoms with E-state index in [1.807, 2.05) is 13.0 Å². The zero-order chi connectivity index (χ0) is 13.0. The molecule has 3 nitrogen and oxygen atoms in total. The van der Waals surface area contributed by atoms with Crippen LogP contribution >= 0.6 is 0 Å². The lowest BCUT2D eigenvalue weighted by atomic mass is 9.99. The lowest BCUT2D eigenvalue weighted by Gasteiger charge is -2.30. The van der Waals surface area contributed by atoms with Gasteiger partial charge in [-0.25, -0.2) is 0 Å². The fraction of sp³-hybridized carbons (Fsp3) is 0.400. The normalized spacial score (nSPS) is 18.0. The first kappa shape index (κ1) is 12.8. The van der Waals surface area contributed by atoms with Gasteiger partial charge in [-0.15, -0.1) is 0 Å². The van der Waals surface area contributed by atoms with Gasteiger partial charge in [0, 0.05) is 20.1 Å². The Hall–Kier alpha value is -1.61. The zero-order valence-corrected chi connectivity index (χ0v) is 11.0. The summed E-state index contributed by atoms with van der Waals surface area (Å²) in [7, 11) is 1.69. The van der Waals surface area contributed by atoms with Crippen LogP contribution in [-0.4, -0.2) is 37.0 Å². The van der Waals surface area contributed by atoms with Gasteiger partial charge in [-0.3, -0.25) is 9.69 Å². The number of nitrogens with one attached hydrogen (secondary N) is 1. The van der Waals surface area contributed by atoms with Crippen molar-refractivity contribution in [2.75, 3.05) is 20.1 Å². The fourth-order valence-electron chi connectivity index (χ4n) is 2.33. The van der Waals surface area contributed by atoms with E-state index in [1.54, 1.807) is 7.05 Å². The second kappa shape index (κ2) is 5.83. The Morgan fingerprint density at radius 1 is 1.33 bits per heavy atom. The van der Waals surface area contributed by atoms with Crippen molar-refractivity contribution in [1.29, 1.82) is 0 Å². The summed E-state index contributed by atoms with van der Waals surface area (Å²) in [5.74, 6) is 0.0894. The van der Waals surface area contributed by atoms with Gasteiger partial charge in [0.05, 0.1) is 6.04 Å². The lowest BCUT2D eigenvalue weighted by Crippen LogP contribution is -2.45. The van der Waals surface area contributed by atoms with E-state index in [9.17, 15) is 4.79 Å². The van der Waals surface area contributed by atoms with Crippen LogP contribution in [-0.2, 0) is 4.79 Å². The first-order valence-electron chi connectivity index (χ1n) is 6.42. The van der Waals surface area contributed by atoms with Gasteiger partial charge in [-0.1, -0.05) is 36.4 Å². The predicted octanol–water partition coefficient (Wildman–Crippen LogP) is 1.91. The molecule has 0 saturated carbocycles. The third-order valence-corrected chi connectivity index (χ3v) is 3.56. The molecule has 18 heavy (non-hydrogen) atoms. The number of amides is 1. The fourth-order valence-corrected chi connectivity index (χ4v) is 2.33. The van der Waals surface area contributed by atoms with Crippen molar-refractivity contribution in [3.63, 3.8) is 0 Å². The van der Waals surface area contributed by atoms with Gasteiger partial charge < -0.3 is 5.32 Å². The van der Waals surface area contributed by atoms with Gasteiger partial charge >= 0.3 is 0 Å². The molecule has 0 spiro atoms. The van der Waals surface area contributed by atoms with Crippen molar-refractivity contribution in [2.45, 2.75) is 19.4 Å². The monoisotopic (exact) mass is 244 g/mol. The zero-order valence-electron chi connectivity index (χ0n) is 11.0. The molecule has 1 aliphatic heterocycles. The summed E-state index contributed by atoms with van der Waals surface area (Å²) < 4.78 is 0. The maximum Gasteiger partial charge on any atom is 0.236 e. The summed E-state index contributed by atoms with van der Waals surface area (Å²) in [5.41, 5.74) is 2.68. The van der Waals surface area contributed by atoms with Crippen LogP contribution in [0.25, 0.3) is 5.57 Å². The molecule has 1 aliphatic rings. The summed E-state index contributed by atoms with van der Waals surface area (Å²) in [6, 6.07) is 10.4.